The van der Waals surface area contributed by atoms with Crippen molar-refractivity contribution in [2.24, 2.45) is 5.92 Å². The van der Waals surface area contributed by atoms with Gasteiger partial charge in [0, 0.05) is 24.2 Å². The molecule has 0 aromatic heterocycles. The number of hydrogen-bond acceptors (Lipinski definition) is 2. The van der Waals surface area contributed by atoms with E-state index in [9.17, 15) is 0 Å². The van der Waals surface area contributed by atoms with Crippen LogP contribution in [-0.2, 0) is 0 Å². The SMILES string of the molecule is CN1C[C@H](CO)C[C@@H]1c1ccccc1Cl. The topological polar surface area (TPSA) is 23.5 Å². The molecule has 3 heteroatoms. The molecular formula is C12H16ClNO. The predicted octanol–water partition coefficient (Wildman–Crippen LogP) is 2.33. The number of aliphatic hydroxyl groups is 1. The highest BCUT2D eigenvalue weighted by Gasteiger charge is 2.30. The molecule has 1 aliphatic rings. The van der Waals surface area contributed by atoms with E-state index in [0.717, 1.165) is 18.0 Å². The van der Waals surface area contributed by atoms with E-state index in [1.165, 1.54) is 5.56 Å². The third-order valence-corrected chi connectivity index (χ3v) is 3.50. The molecule has 2 nitrogen and oxygen atoms in total. The first kappa shape index (κ1) is 10.9. The Morgan fingerprint density at radius 3 is 2.80 bits per heavy atom. The third-order valence-electron chi connectivity index (χ3n) is 3.16. The van der Waals surface area contributed by atoms with Crippen LogP contribution in [0.3, 0.4) is 0 Å². The van der Waals surface area contributed by atoms with E-state index in [2.05, 4.69) is 18.0 Å². The fraction of sp³-hybridized carbons (Fsp3) is 0.500. The lowest BCUT2D eigenvalue weighted by atomic mass is 10.0. The average Bonchev–Trinajstić information content (AvgIpc) is 2.60. The van der Waals surface area contributed by atoms with Crippen LogP contribution in [0.4, 0.5) is 0 Å². The zero-order chi connectivity index (χ0) is 10.8. The number of halogens is 1. The lowest BCUT2D eigenvalue weighted by Gasteiger charge is -2.20. The van der Waals surface area contributed by atoms with Crippen molar-refractivity contribution in [1.82, 2.24) is 4.90 Å². The molecule has 0 bridgehead atoms. The fourth-order valence-electron chi connectivity index (χ4n) is 2.35. The molecule has 0 saturated carbocycles. The van der Waals surface area contributed by atoms with Gasteiger partial charge < -0.3 is 5.11 Å². The Kier molecular flexibility index (Phi) is 3.29. The van der Waals surface area contributed by atoms with Crippen LogP contribution < -0.4 is 0 Å². The normalized spacial score (nSPS) is 27.1. The summed E-state index contributed by atoms with van der Waals surface area (Å²) >= 11 is 6.17. The van der Waals surface area contributed by atoms with Gasteiger partial charge in [0.05, 0.1) is 0 Å². The van der Waals surface area contributed by atoms with Gasteiger partial charge in [-0.1, -0.05) is 29.8 Å². The highest BCUT2D eigenvalue weighted by Crippen LogP contribution is 2.36. The van der Waals surface area contributed by atoms with Crippen molar-refractivity contribution >= 4 is 11.6 Å². The van der Waals surface area contributed by atoms with Crippen molar-refractivity contribution in [2.75, 3.05) is 20.2 Å². The average molecular weight is 226 g/mol. The second kappa shape index (κ2) is 4.52. The Labute approximate surface area is 95.5 Å². The molecule has 0 unspecified atom stereocenters. The van der Waals surface area contributed by atoms with Crippen LogP contribution in [0.1, 0.15) is 18.0 Å². The standard InChI is InChI=1S/C12H16ClNO/c1-14-7-9(8-15)6-12(14)10-4-2-3-5-11(10)13/h2-5,9,12,15H,6-8H2,1H3/t9-,12-/m1/s1. The molecule has 1 heterocycles. The Hall–Kier alpha value is -0.570. The molecule has 0 spiro atoms. The minimum absolute atomic E-state index is 0.269. The summed E-state index contributed by atoms with van der Waals surface area (Å²) in [5.41, 5.74) is 1.18. The van der Waals surface area contributed by atoms with Crippen molar-refractivity contribution in [3.63, 3.8) is 0 Å². The van der Waals surface area contributed by atoms with E-state index in [4.69, 9.17) is 16.7 Å². The lowest BCUT2D eigenvalue weighted by Crippen LogP contribution is -2.19. The molecule has 2 rings (SSSR count). The van der Waals surface area contributed by atoms with Crippen molar-refractivity contribution in [3.8, 4) is 0 Å². The first-order valence-electron chi connectivity index (χ1n) is 5.28. The molecule has 1 aromatic rings. The first-order chi connectivity index (χ1) is 7.22. The molecule has 1 fully saturated rings. The van der Waals surface area contributed by atoms with Crippen LogP contribution in [0, 0.1) is 5.92 Å². The second-order valence-electron chi connectivity index (χ2n) is 4.26. The summed E-state index contributed by atoms with van der Waals surface area (Å²) in [6.07, 6.45) is 0.997. The monoisotopic (exact) mass is 225 g/mol. The van der Waals surface area contributed by atoms with Crippen molar-refractivity contribution in [2.45, 2.75) is 12.5 Å². The summed E-state index contributed by atoms with van der Waals surface area (Å²) in [5, 5.41) is 9.98. The van der Waals surface area contributed by atoms with Crippen LogP contribution >= 0.6 is 11.6 Å². The molecule has 0 amide bonds. The molecule has 2 atom stereocenters. The van der Waals surface area contributed by atoms with Gasteiger partial charge in [-0.15, -0.1) is 0 Å². The minimum Gasteiger partial charge on any atom is -0.396 e. The van der Waals surface area contributed by atoms with Gasteiger partial charge in [0.2, 0.25) is 0 Å². The van der Waals surface area contributed by atoms with Crippen LogP contribution in [0.25, 0.3) is 0 Å². The van der Waals surface area contributed by atoms with Gasteiger partial charge in [0.15, 0.2) is 0 Å². The molecule has 0 aliphatic carbocycles. The summed E-state index contributed by atoms with van der Waals surface area (Å²) < 4.78 is 0. The molecule has 1 N–H and O–H groups in total. The number of nitrogens with zero attached hydrogens (tertiary/aromatic N) is 1. The fourth-order valence-corrected chi connectivity index (χ4v) is 2.61. The Balaban J connectivity index is 2.21. The van der Waals surface area contributed by atoms with E-state index in [1.807, 2.05) is 18.2 Å². The summed E-state index contributed by atoms with van der Waals surface area (Å²) in [6.45, 7) is 1.22. The zero-order valence-corrected chi connectivity index (χ0v) is 9.61. The lowest BCUT2D eigenvalue weighted by molar-refractivity contribution is 0.227. The van der Waals surface area contributed by atoms with Gasteiger partial charge in [-0.3, -0.25) is 4.90 Å². The number of aliphatic hydroxyl groups excluding tert-OH is 1. The van der Waals surface area contributed by atoms with E-state index >= 15 is 0 Å². The predicted molar refractivity (Wildman–Crippen MR) is 62.0 cm³/mol. The van der Waals surface area contributed by atoms with Crippen LogP contribution in [-0.4, -0.2) is 30.2 Å². The smallest absolute Gasteiger partial charge is 0.0472 e. The highest BCUT2D eigenvalue weighted by molar-refractivity contribution is 6.31. The maximum absolute atomic E-state index is 9.16. The molecule has 1 aromatic carbocycles. The van der Waals surface area contributed by atoms with E-state index in [1.54, 1.807) is 0 Å². The molecule has 82 valence electrons. The second-order valence-corrected chi connectivity index (χ2v) is 4.67. The van der Waals surface area contributed by atoms with Crippen LogP contribution in [0.2, 0.25) is 5.02 Å². The maximum atomic E-state index is 9.16. The maximum Gasteiger partial charge on any atom is 0.0472 e. The molecule has 15 heavy (non-hydrogen) atoms. The van der Waals surface area contributed by atoms with Gasteiger partial charge in [0.1, 0.15) is 0 Å². The third kappa shape index (κ3) is 2.17. The summed E-state index contributed by atoms with van der Waals surface area (Å²) in [6, 6.07) is 8.32. The number of benzene rings is 1. The highest BCUT2D eigenvalue weighted by atomic mass is 35.5. The molecular weight excluding hydrogens is 210 g/mol. The summed E-state index contributed by atoms with van der Waals surface area (Å²) in [4.78, 5) is 2.27. The quantitative estimate of drug-likeness (QED) is 0.835. The van der Waals surface area contributed by atoms with Crippen molar-refractivity contribution in [3.05, 3.63) is 34.9 Å². The zero-order valence-electron chi connectivity index (χ0n) is 8.86. The van der Waals surface area contributed by atoms with Gasteiger partial charge >= 0.3 is 0 Å². The summed E-state index contributed by atoms with van der Waals surface area (Å²) in [5.74, 6) is 0.385. The largest absolute Gasteiger partial charge is 0.396 e. The van der Waals surface area contributed by atoms with E-state index < -0.39 is 0 Å². The molecule has 1 saturated heterocycles. The molecule has 1 aliphatic heterocycles. The van der Waals surface area contributed by atoms with Gasteiger partial charge in [-0.2, -0.15) is 0 Å². The van der Waals surface area contributed by atoms with Crippen LogP contribution in [0.15, 0.2) is 24.3 Å². The Morgan fingerprint density at radius 2 is 2.20 bits per heavy atom. The first-order valence-corrected chi connectivity index (χ1v) is 5.65. The van der Waals surface area contributed by atoms with Gasteiger partial charge in [-0.25, -0.2) is 0 Å². The van der Waals surface area contributed by atoms with E-state index in [-0.39, 0.29) is 6.61 Å². The Bertz CT molecular complexity index is 342. The number of rotatable bonds is 2. The van der Waals surface area contributed by atoms with E-state index in [0.29, 0.717) is 12.0 Å². The van der Waals surface area contributed by atoms with Gasteiger partial charge in [-0.05, 0) is 31.0 Å². The van der Waals surface area contributed by atoms with Crippen molar-refractivity contribution in [1.29, 1.82) is 0 Å². The van der Waals surface area contributed by atoms with Crippen molar-refractivity contribution < 1.29 is 5.11 Å². The van der Waals surface area contributed by atoms with Crippen LogP contribution in [0.5, 0.6) is 0 Å². The Morgan fingerprint density at radius 1 is 1.47 bits per heavy atom. The minimum atomic E-state index is 0.269. The summed E-state index contributed by atoms with van der Waals surface area (Å²) in [7, 11) is 2.09. The van der Waals surface area contributed by atoms with Gasteiger partial charge in [0.25, 0.3) is 0 Å². The number of hydrogen-bond donors (Lipinski definition) is 1. The number of likely N-dealkylation sites (tertiary alicyclic amines) is 1. The molecule has 0 radical (unpaired) electrons.